The van der Waals surface area contributed by atoms with E-state index in [9.17, 15) is 0 Å². The Morgan fingerprint density at radius 1 is 1.60 bits per heavy atom. The van der Waals surface area contributed by atoms with Gasteiger partial charge >= 0.3 is 0 Å². The maximum absolute atomic E-state index is 4.38. The van der Waals surface area contributed by atoms with E-state index in [0.29, 0.717) is 6.04 Å². The highest BCUT2D eigenvalue weighted by atomic mass is 32.2. The van der Waals surface area contributed by atoms with Crippen LogP contribution in [0.2, 0.25) is 0 Å². The molecule has 1 atom stereocenters. The second-order valence-corrected chi connectivity index (χ2v) is 5.04. The predicted octanol–water partition coefficient (Wildman–Crippen LogP) is 1.77. The lowest BCUT2D eigenvalue weighted by atomic mass is 10.2. The molecule has 2 heterocycles. The Hall–Kier alpha value is -0.610. The van der Waals surface area contributed by atoms with E-state index in [1.54, 1.807) is 0 Å². The van der Waals surface area contributed by atoms with Crippen molar-refractivity contribution >= 4 is 11.8 Å². The second kappa shape index (κ2) is 5.47. The lowest BCUT2D eigenvalue weighted by Gasteiger charge is -2.22. The number of nitrogens with zero attached hydrogens (tertiary/aromatic N) is 2. The van der Waals surface area contributed by atoms with Crippen molar-refractivity contribution in [2.45, 2.75) is 32.4 Å². The predicted molar refractivity (Wildman–Crippen MR) is 64.0 cm³/mol. The largest absolute Gasteiger partial charge is 0.308 e. The lowest BCUT2D eigenvalue weighted by Crippen LogP contribution is -2.33. The molecular formula is C11H17N3S. The molecule has 0 spiro atoms. The van der Waals surface area contributed by atoms with Crippen molar-refractivity contribution in [3.05, 3.63) is 23.8 Å². The summed E-state index contributed by atoms with van der Waals surface area (Å²) in [5.41, 5.74) is 1.10. The van der Waals surface area contributed by atoms with Gasteiger partial charge in [-0.1, -0.05) is 0 Å². The minimum atomic E-state index is 0.666. The molecule has 1 aliphatic heterocycles. The van der Waals surface area contributed by atoms with Crippen molar-refractivity contribution in [1.82, 2.24) is 15.3 Å². The molecule has 0 aromatic carbocycles. The van der Waals surface area contributed by atoms with Crippen LogP contribution in [0.3, 0.4) is 0 Å². The van der Waals surface area contributed by atoms with Crippen molar-refractivity contribution in [3.8, 4) is 0 Å². The van der Waals surface area contributed by atoms with Gasteiger partial charge < -0.3 is 5.32 Å². The lowest BCUT2D eigenvalue weighted by molar-refractivity contribution is 0.503. The third-order valence-corrected chi connectivity index (χ3v) is 3.78. The average molecular weight is 223 g/mol. The van der Waals surface area contributed by atoms with Crippen LogP contribution in [0.1, 0.15) is 24.4 Å². The first-order chi connectivity index (χ1) is 7.34. The Bertz CT molecular complexity index is 310. The van der Waals surface area contributed by atoms with Crippen LogP contribution in [-0.2, 0) is 6.54 Å². The van der Waals surface area contributed by atoms with E-state index in [2.05, 4.69) is 15.3 Å². The normalized spacial score (nSPS) is 21.5. The minimum absolute atomic E-state index is 0.666. The van der Waals surface area contributed by atoms with Crippen molar-refractivity contribution in [3.63, 3.8) is 0 Å². The number of nitrogens with one attached hydrogen (secondary N) is 1. The van der Waals surface area contributed by atoms with Gasteiger partial charge in [-0.2, -0.15) is 11.8 Å². The monoisotopic (exact) mass is 223 g/mol. The van der Waals surface area contributed by atoms with Crippen molar-refractivity contribution < 1.29 is 0 Å². The zero-order valence-electron chi connectivity index (χ0n) is 9.07. The molecule has 0 saturated carbocycles. The Morgan fingerprint density at radius 2 is 2.53 bits per heavy atom. The Labute approximate surface area is 95.1 Å². The van der Waals surface area contributed by atoms with E-state index < -0.39 is 0 Å². The maximum Gasteiger partial charge on any atom is 0.125 e. The number of hydrogen-bond acceptors (Lipinski definition) is 4. The molecule has 2 rings (SSSR count). The molecule has 1 N–H and O–H groups in total. The van der Waals surface area contributed by atoms with Gasteiger partial charge in [0, 0.05) is 24.5 Å². The third-order valence-electron chi connectivity index (χ3n) is 2.57. The van der Waals surface area contributed by atoms with Crippen LogP contribution in [0.4, 0.5) is 0 Å². The van der Waals surface area contributed by atoms with Gasteiger partial charge in [0.25, 0.3) is 0 Å². The van der Waals surface area contributed by atoms with Gasteiger partial charge in [0.1, 0.15) is 5.82 Å². The van der Waals surface area contributed by atoms with Gasteiger partial charge in [0.2, 0.25) is 0 Å². The Kier molecular flexibility index (Phi) is 3.97. The summed E-state index contributed by atoms with van der Waals surface area (Å²) >= 11 is 2.05. The summed E-state index contributed by atoms with van der Waals surface area (Å²) in [5.74, 6) is 3.42. The quantitative estimate of drug-likeness (QED) is 0.847. The topological polar surface area (TPSA) is 37.8 Å². The molecule has 3 nitrogen and oxygen atoms in total. The molecule has 0 bridgehead atoms. The molecular weight excluding hydrogens is 206 g/mol. The van der Waals surface area contributed by atoms with Gasteiger partial charge in [-0.3, -0.25) is 0 Å². The first-order valence-electron chi connectivity index (χ1n) is 5.44. The average Bonchev–Trinajstić information content (AvgIpc) is 2.28. The van der Waals surface area contributed by atoms with Gasteiger partial charge in [-0.15, -0.1) is 0 Å². The van der Waals surface area contributed by atoms with Crippen LogP contribution in [0, 0.1) is 6.92 Å². The smallest absolute Gasteiger partial charge is 0.125 e. The number of aryl methyl sites for hydroxylation is 1. The first-order valence-corrected chi connectivity index (χ1v) is 6.60. The Morgan fingerprint density at radius 3 is 3.27 bits per heavy atom. The fraction of sp³-hybridized carbons (Fsp3) is 0.636. The van der Waals surface area contributed by atoms with E-state index in [1.807, 2.05) is 30.9 Å². The summed E-state index contributed by atoms with van der Waals surface area (Å²) < 4.78 is 0. The molecule has 4 heteroatoms. The summed E-state index contributed by atoms with van der Waals surface area (Å²) in [7, 11) is 0. The molecule has 0 radical (unpaired) electrons. The number of rotatable bonds is 3. The number of aromatic nitrogens is 2. The van der Waals surface area contributed by atoms with Crippen LogP contribution >= 0.6 is 11.8 Å². The van der Waals surface area contributed by atoms with Gasteiger partial charge in [0.05, 0.1) is 5.69 Å². The maximum atomic E-state index is 4.38. The van der Waals surface area contributed by atoms with E-state index >= 15 is 0 Å². The van der Waals surface area contributed by atoms with E-state index in [1.165, 1.54) is 24.3 Å². The molecule has 1 fully saturated rings. The molecule has 15 heavy (non-hydrogen) atoms. The van der Waals surface area contributed by atoms with Gasteiger partial charge in [-0.25, -0.2) is 9.97 Å². The highest BCUT2D eigenvalue weighted by molar-refractivity contribution is 7.99. The second-order valence-electron chi connectivity index (χ2n) is 3.89. The first kappa shape index (κ1) is 10.9. The summed E-state index contributed by atoms with van der Waals surface area (Å²) in [4.78, 5) is 8.47. The summed E-state index contributed by atoms with van der Waals surface area (Å²) in [6.45, 7) is 2.80. The SMILES string of the molecule is Cc1nccc(CNC2CCCSC2)n1. The summed E-state index contributed by atoms with van der Waals surface area (Å²) in [6, 6.07) is 2.65. The van der Waals surface area contributed by atoms with E-state index in [0.717, 1.165) is 18.1 Å². The van der Waals surface area contributed by atoms with E-state index in [4.69, 9.17) is 0 Å². The van der Waals surface area contributed by atoms with Gasteiger partial charge in [-0.05, 0) is 31.6 Å². The van der Waals surface area contributed by atoms with Crippen LogP contribution in [-0.4, -0.2) is 27.5 Å². The molecule has 82 valence electrons. The van der Waals surface area contributed by atoms with Crippen LogP contribution in [0.15, 0.2) is 12.3 Å². The van der Waals surface area contributed by atoms with Crippen molar-refractivity contribution in [2.75, 3.05) is 11.5 Å². The van der Waals surface area contributed by atoms with Crippen LogP contribution < -0.4 is 5.32 Å². The molecule has 1 unspecified atom stereocenters. The minimum Gasteiger partial charge on any atom is -0.308 e. The van der Waals surface area contributed by atoms with Crippen molar-refractivity contribution in [1.29, 1.82) is 0 Å². The zero-order chi connectivity index (χ0) is 10.5. The highest BCUT2D eigenvalue weighted by Crippen LogP contribution is 2.17. The molecule has 0 aliphatic carbocycles. The Balaban J connectivity index is 1.81. The number of hydrogen-bond donors (Lipinski definition) is 1. The summed E-state index contributed by atoms with van der Waals surface area (Å²) in [5, 5.41) is 3.55. The van der Waals surface area contributed by atoms with Gasteiger partial charge in [0.15, 0.2) is 0 Å². The fourth-order valence-electron chi connectivity index (χ4n) is 1.75. The highest BCUT2D eigenvalue weighted by Gasteiger charge is 2.12. The van der Waals surface area contributed by atoms with Crippen LogP contribution in [0.5, 0.6) is 0 Å². The zero-order valence-corrected chi connectivity index (χ0v) is 9.89. The molecule has 0 amide bonds. The standard InChI is InChI=1S/C11H17N3S/c1-9-12-5-4-10(14-9)7-13-11-3-2-6-15-8-11/h4-5,11,13H,2-3,6-8H2,1H3. The summed E-state index contributed by atoms with van der Waals surface area (Å²) in [6.07, 6.45) is 4.47. The van der Waals surface area contributed by atoms with E-state index in [-0.39, 0.29) is 0 Å². The molecule has 1 aromatic heterocycles. The molecule has 1 aliphatic rings. The molecule has 1 saturated heterocycles. The molecule has 1 aromatic rings. The number of thioether (sulfide) groups is 1. The van der Waals surface area contributed by atoms with Crippen molar-refractivity contribution in [2.24, 2.45) is 0 Å². The third kappa shape index (κ3) is 3.47. The van der Waals surface area contributed by atoms with Crippen LogP contribution in [0.25, 0.3) is 0 Å². The fourth-order valence-corrected chi connectivity index (χ4v) is 2.86.